The van der Waals surface area contributed by atoms with Crippen LogP contribution in [0.1, 0.15) is 28.6 Å². The number of carbonyl (C=O) groups excluding carboxylic acids is 1. The minimum Gasteiger partial charge on any atom is -0.462 e. The number of halogens is 1. The Morgan fingerprint density at radius 1 is 1.39 bits per heavy atom. The highest BCUT2D eigenvalue weighted by Crippen LogP contribution is 2.36. The van der Waals surface area contributed by atoms with Gasteiger partial charge in [-0.25, -0.2) is 9.78 Å². The fourth-order valence-electron chi connectivity index (χ4n) is 2.55. The van der Waals surface area contributed by atoms with E-state index in [0.717, 1.165) is 36.3 Å². The fourth-order valence-corrected chi connectivity index (χ4v) is 3.84. The van der Waals surface area contributed by atoms with Crippen LogP contribution in [0.4, 0.5) is 5.82 Å². The average molecular weight is 356 g/mol. The lowest BCUT2D eigenvalue weighted by Gasteiger charge is -2.28. The molecule has 3 heterocycles. The predicted octanol–water partition coefficient (Wildman–Crippen LogP) is 3.06. The zero-order valence-electron chi connectivity index (χ0n) is 13.1. The molecule has 8 heteroatoms. The lowest BCUT2D eigenvalue weighted by Crippen LogP contribution is -2.37. The molecule has 0 radical (unpaired) electrons. The van der Waals surface area contributed by atoms with Gasteiger partial charge in [-0.1, -0.05) is 6.92 Å². The van der Waals surface area contributed by atoms with Gasteiger partial charge >= 0.3 is 5.97 Å². The minimum absolute atomic E-state index is 0.189. The van der Waals surface area contributed by atoms with Gasteiger partial charge in [0.15, 0.2) is 0 Å². The highest BCUT2D eigenvalue weighted by atomic mass is 35.5. The number of esters is 1. The smallest absolute Gasteiger partial charge is 0.348 e. The molecule has 0 aromatic carbocycles. The van der Waals surface area contributed by atoms with Crippen LogP contribution in [0.15, 0.2) is 0 Å². The molecule has 0 spiro atoms. The molecule has 2 aromatic rings. The maximum atomic E-state index is 12.2. The largest absolute Gasteiger partial charge is 0.462 e. The van der Waals surface area contributed by atoms with Crippen LogP contribution >= 0.6 is 22.9 Å². The number of fused-ring (bicyclic) bond motifs is 1. The third kappa shape index (κ3) is 3.27. The maximum Gasteiger partial charge on any atom is 0.348 e. The third-order valence-corrected chi connectivity index (χ3v) is 5.01. The molecule has 0 N–H and O–H groups in total. The lowest BCUT2D eigenvalue weighted by molar-refractivity contribution is 0.0510. The van der Waals surface area contributed by atoms with E-state index in [1.807, 2.05) is 13.8 Å². The van der Waals surface area contributed by atoms with E-state index in [2.05, 4.69) is 14.9 Å². The molecule has 23 heavy (non-hydrogen) atoms. The zero-order valence-corrected chi connectivity index (χ0v) is 14.7. The minimum atomic E-state index is -0.309. The number of morpholine rings is 1. The first-order chi connectivity index (χ1) is 11.1. The van der Waals surface area contributed by atoms with Crippen molar-refractivity contribution in [3.8, 4) is 0 Å². The van der Waals surface area contributed by atoms with Gasteiger partial charge in [-0.05, 0) is 30.5 Å². The predicted molar refractivity (Wildman–Crippen MR) is 90.8 cm³/mol. The van der Waals surface area contributed by atoms with Gasteiger partial charge in [-0.15, -0.1) is 11.3 Å². The molecule has 0 saturated carbocycles. The van der Waals surface area contributed by atoms with Crippen LogP contribution in [0.3, 0.4) is 0 Å². The van der Waals surface area contributed by atoms with E-state index >= 15 is 0 Å². The molecule has 0 atom stereocenters. The molecule has 0 amide bonds. The zero-order chi connectivity index (χ0) is 16.4. The summed E-state index contributed by atoms with van der Waals surface area (Å²) in [5.74, 6) is 0.461. The van der Waals surface area contributed by atoms with Crippen molar-refractivity contribution in [2.75, 3.05) is 37.8 Å². The summed E-state index contributed by atoms with van der Waals surface area (Å²) in [5, 5.41) is 1.07. The lowest BCUT2D eigenvalue weighted by atomic mass is 10.2. The Morgan fingerprint density at radius 3 is 2.83 bits per heavy atom. The molecule has 1 saturated heterocycles. The number of ether oxygens (including phenoxy) is 2. The summed E-state index contributed by atoms with van der Waals surface area (Å²) >= 11 is 7.38. The van der Waals surface area contributed by atoms with E-state index in [4.69, 9.17) is 21.1 Å². The van der Waals surface area contributed by atoms with Crippen molar-refractivity contribution in [3.63, 3.8) is 0 Å². The monoisotopic (exact) mass is 355 g/mol. The second-order valence-electron chi connectivity index (χ2n) is 5.29. The molecule has 0 bridgehead atoms. The summed E-state index contributed by atoms with van der Waals surface area (Å²) in [6, 6.07) is 0. The molecular weight excluding hydrogens is 338 g/mol. The molecule has 0 unspecified atom stereocenters. The Hall–Kier alpha value is -1.44. The second-order valence-corrected chi connectivity index (χ2v) is 6.63. The van der Waals surface area contributed by atoms with Crippen molar-refractivity contribution < 1.29 is 14.3 Å². The first kappa shape index (κ1) is 16.4. The van der Waals surface area contributed by atoms with Crippen LogP contribution in [0.2, 0.25) is 5.28 Å². The van der Waals surface area contributed by atoms with Crippen molar-refractivity contribution >= 4 is 44.9 Å². The van der Waals surface area contributed by atoms with Gasteiger partial charge in [0.25, 0.3) is 0 Å². The first-order valence-electron chi connectivity index (χ1n) is 7.58. The normalized spacial score (nSPS) is 15.2. The van der Waals surface area contributed by atoms with Crippen molar-refractivity contribution in [3.05, 3.63) is 15.7 Å². The molecule has 6 nitrogen and oxygen atoms in total. The van der Waals surface area contributed by atoms with Gasteiger partial charge in [0.2, 0.25) is 5.28 Å². The van der Waals surface area contributed by atoms with Gasteiger partial charge in [-0.3, -0.25) is 0 Å². The number of thiophene rings is 1. The van der Waals surface area contributed by atoms with Crippen LogP contribution in [-0.2, 0) is 9.47 Å². The second kappa shape index (κ2) is 6.98. The number of hydrogen-bond donors (Lipinski definition) is 0. The van der Waals surface area contributed by atoms with E-state index in [-0.39, 0.29) is 11.3 Å². The highest BCUT2D eigenvalue weighted by Gasteiger charge is 2.24. The number of carbonyl (C=O) groups is 1. The Balaban J connectivity index is 2.06. The van der Waals surface area contributed by atoms with Gasteiger partial charge in [0.1, 0.15) is 15.5 Å². The topological polar surface area (TPSA) is 64.5 Å². The standard InChI is InChI=1S/C15H18ClN3O3S/c1-3-6-22-14(20)11-9(2)10-12(19-4-7-21-8-5-19)17-15(16)18-13(10)23-11/h3-8H2,1-2H3. The van der Waals surface area contributed by atoms with Crippen LogP contribution < -0.4 is 4.90 Å². The van der Waals surface area contributed by atoms with E-state index < -0.39 is 0 Å². The van der Waals surface area contributed by atoms with Gasteiger partial charge in [0.05, 0.1) is 25.2 Å². The molecule has 2 aromatic heterocycles. The quantitative estimate of drug-likeness (QED) is 0.620. The summed E-state index contributed by atoms with van der Waals surface area (Å²) in [6.45, 7) is 7.07. The summed E-state index contributed by atoms with van der Waals surface area (Å²) in [7, 11) is 0. The van der Waals surface area contributed by atoms with Crippen LogP contribution in [0.25, 0.3) is 10.2 Å². The van der Waals surface area contributed by atoms with Crippen molar-refractivity contribution in [2.45, 2.75) is 20.3 Å². The number of anilines is 1. The number of hydrogen-bond acceptors (Lipinski definition) is 7. The average Bonchev–Trinajstić information content (AvgIpc) is 2.89. The fraction of sp³-hybridized carbons (Fsp3) is 0.533. The first-order valence-corrected chi connectivity index (χ1v) is 8.77. The third-order valence-electron chi connectivity index (χ3n) is 3.68. The SMILES string of the molecule is CCCOC(=O)c1sc2nc(Cl)nc(N3CCOCC3)c2c1C. The van der Waals surface area contributed by atoms with Crippen LogP contribution in [0, 0.1) is 6.92 Å². The molecule has 3 rings (SSSR count). The van der Waals surface area contributed by atoms with Gasteiger partial charge in [0, 0.05) is 13.1 Å². The Kier molecular flexibility index (Phi) is 4.99. The van der Waals surface area contributed by atoms with Crippen LogP contribution in [0.5, 0.6) is 0 Å². The molecule has 0 aliphatic carbocycles. The number of nitrogens with zero attached hydrogens (tertiary/aromatic N) is 3. The summed E-state index contributed by atoms with van der Waals surface area (Å²) in [6.07, 6.45) is 0.792. The Labute approximate surface area is 143 Å². The molecule has 1 fully saturated rings. The Bertz CT molecular complexity index is 728. The number of rotatable bonds is 4. The molecule has 1 aliphatic rings. The van der Waals surface area contributed by atoms with E-state index in [1.54, 1.807) is 0 Å². The molecule has 124 valence electrons. The molecule has 1 aliphatic heterocycles. The Morgan fingerprint density at radius 2 is 2.13 bits per heavy atom. The van der Waals surface area contributed by atoms with Gasteiger partial charge in [-0.2, -0.15) is 4.98 Å². The van der Waals surface area contributed by atoms with E-state index in [0.29, 0.717) is 29.5 Å². The van der Waals surface area contributed by atoms with Crippen molar-refractivity contribution in [1.29, 1.82) is 0 Å². The van der Waals surface area contributed by atoms with E-state index in [1.165, 1.54) is 11.3 Å². The highest BCUT2D eigenvalue weighted by molar-refractivity contribution is 7.20. The molecular formula is C15H18ClN3O3S. The number of aryl methyl sites for hydroxylation is 1. The van der Waals surface area contributed by atoms with Gasteiger partial charge < -0.3 is 14.4 Å². The summed E-state index contributed by atoms with van der Waals surface area (Å²) in [4.78, 5) is 24.3. The summed E-state index contributed by atoms with van der Waals surface area (Å²) < 4.78 is 10.7. The van der Waals surface area contributed by atoms with E-state index in [9.17, 15) is 4.79 Å². The van der Waals surface area contributed by atoms with Crippen LogP contribution in [-0.4, -0.2) is 48.8 Å². The van der Waals surface area contributed by atoms with Crippen molar-refractivity contribution in [1.82, 2.24) is 9.97 Å². The summed E-state index contributed by atoms with van der Waals surface area (Å²) in [5.41, 5.74) is 0.851. The maximum absolute atomic E-state index is 12.2. The van der Waals surface area contributed by atoms with Crippen molar-refractivity contribution in [2.24, 2.45) is 0 Å². The number of aromatic nitrogens is 2.